The molecule has 3 rings (SSSR count). The van der Waals surface area contributed by atoms with E-state index >= 15 is 0 Å². The molecule has 1 fully saturated rings. The van der Waals surface area contributed by atoms with Gasteiger partial charge in [-0.05, 0) is 43.2 Å². The van der Waals surface area contributed by atoms with Crippen LogP contribution in [0.4, 0.5) is 5.82 Å². The normalized spacial score (nSPS) is 15.1. The first kappa shape index (κ1) is 20.1. The fraction of sp³-hybridized carbons (Fsp3) is 0.476. The average Bonchev–Trinajstić information content (AvgIpc) is 2.73. The molecule has 2 aromatic rings. The molecule has 0 amide bonds. The third-order valence-corrected chi connectivity index (χ3v) is 4.59. The lowest BCUT2D eigenvalue weighted by atomic mass is 10.2. The van der Waals surface area contributed by atoms with Gasteiger partial charge >= 0.3 is 0 Å². The van der Waals surface area contributed by atoms with Crippen molar-refractivity contribution in [3.8, 4) is 5.75 Å². The molecule has 0 aliphatic carbocycles. The van der Waals surface area contributed by atoms with E-state index in [1.54, 1.807) is 6.21 Å². The maximum atomic E-state index is 5.92. The first-order valence-electron chi connectivity index (χ1n) is 9.90. The van der Waals surface area contributed by atoms with Gasteiger partial charge in [-0.25, -0.2) is 0 Å². The van der Waals surface area contributed by atoms with Gasteiger partial charge in [-0.15, -0.1) is 5.10 Å². The number of aryl methyl sites for hydroxylation is 1. The van der Waals surface area contributed by atoms with Gasteiger partial charge in [0.15, 0.2) is 5.82 Å². The van der Waals surface area contributed by atoms with Crippen LogP contribution in [0.3, 0.4) is 0 Å². The number of hydrogen-bond donors (Lipinski definition) is 0. The Morgan fingerprint density at radius 3 is 2.68 bits per heavy atom. The molecule has 28 heavy (non-hydrogen) atoms. The standard InChI is InChI=1S/C21H29N5O2/c1-3-14-28-22-17-19-5-4-6-20(16-19)27-15-13-25-9-11-26(12-10-25)21-8-7-18(2)23-24-21/h4-8,16-17H,3,9-15H2,1-2H3. The van der Waals surface area contributed by atoms with Gasteiger partial charge in [0.25, 0.3) is 0 Å². The highest BCUT2D eigenvalue weighted by Gasteiger charge is 2.18. The van der Waals surface area contributed by atoms with Gasteiger partial charge in [-0.2, -0.15) is 5.10 Å². The molecule has 1 aliphatic rings. The van der Waals surface area contributed by atoms with E-state index in [0.29, 0.717) is 13.2 Å². The number of benzene rings is 1. The highest BCUT2D eigenvalue weighted by atomic mass is 16.6. The van der Waals surface area contributed by atoms with Crippen LogP contribution in [-0.2, 0) is 4.84 Å². The van der Waals surface area contributed by atoms with Crippen LogP contribution in [0.15, 0.2) is 41.6 Å². The molecule has 0 bridgehead atoms. The van der Waals surface area contributed by atoms with Gasteiger partial charge in [0, 0.05) is 32.7 Å². The number of oxime groups is 1. The largest absolute Gasteiger partial charge is 0.492 e. The first-order valence-corrected chi connectivity index (χ1v) is 9.90. The van der Waals surface area contributed by atoms with Crippen LogP contribution in [0, 0.1) is 6.92 Å². The number of ether oxygens (including phenoxy) is 1. The zero-order chi connectivity index (χ0) is 19.6. The Kier molecular flexibility index (Phi) is 7.61. The number of anilines is 1. The van der Waals surface area contributed by atoms with Crippen molar-refractivity contribution >= 4 is 12.0 Å². The molecule has 1 aromatic carbocycles. The van der Waals surface area contributed by atoms with Crippen LogP contribution < -0.4 is 9.64 Å². The second-order valence-corrected chi connectivity index (χ2v) is 6.85. The minimum Gasteiger partial charge on any atom is -0.492 e. The quantitative estimate of drug-likeness (QED) is 0.377. The van der Waals surface area contributed by atoms with Crippen LogP contribution in [0.5, 0.6) is 5.75 Å². The van der Waals surface area contributed by atoms with Crippen LogP contribution in [0.2, 0.25) is 0 Å². The molecule has 150 valence electrons. The Labute approximate surface area is 167 Å². The number of rotatable bonds is 9. The molecular weight excluding hydrogens is 354 g/mol. The Morgan fingerprint density at radius 1 is 1.07 bits per heavy atom. The third kappa shape index (κ3) is 6.20. The molecule has 7 heteroatoms. The monoisotopic (exact) mass is 383 g/mol. The summed E-state index contributed by atoms with van der Waals surface area (Å²) in [6, 6.07) is 12.0. The molecule has 7 nitrogen and oxygen atoms in total. The summed E-state index contributed by atoms with van der Waals surface area (Å²) in [7, 11) is 0. The lowest BCUT2D eigenvalue weighted by molar-refractivity contribution is 0.146. The second kappa shape index (κ2) is 10.6. The van der Waals surface area contributed by atoms with Gasteiger partial charge in [-0.3, -0.25) is 4.90 Å². The number of nitrogens with zero attached hydrogens (tertiary/aromatic N) is 5. The second-order valence-electron chi connectivity index (χ2n) is 6.85. The molecular formula is C21H29N5O2. The highest BCUT2D eigenvalue weighted by Crippen LogP contribution is 2.14. The Morgan fingerprint density at radius 2 is 1.93 bits per heavy atom. The van der Waals surface area contributed by atoms with E-state index < -0.39 is 0 Å². The van der Waals surface area contributed by atoms with Crippen molar-refractivity contribution in [1.29, 1.82) is 0 Å². The van der Waals surface area contributed by atoms with Gasteiger partial charge < -0.3 is 14.5 Å². The molecule has 2 heterocycles. The molecule has 0 saturated carbocycles. The molecule has 0 atom stereocenters. The van der Waals surface area contributed by atoms with Gasteiger partial charge in [0.2, 0.25) is 0 Å². The summed E-state index contributed by atoms with van der Waals surface area (Å²) >= 11 is 0. The summed E-state index contributed by atoms with van der Waals surface area (Å²) in [5.41, 5.74) is 1.92. The lowest BCUT2D eigenvalue weighted by Gasteiger charge is -2.35. The molecule has 0 N–H and O–H groups in total. The third-order valence-electron chi connectivity index (χ3n) is 4.59. The molecule has 1 aliphatic heterocycles. The average molecular weight is 383 g/mol. The number of aromatic nitrogens is 2. The van der Waals surface area contributed by atoms with Crippen LogP contribution in [0.25, 0.3) is 0 Å². The lowest BCUT2D eigenvalue weighted by Crippen LogP contribution is -2.47. The zero-order valence-electron chi connectivity index (χ0n) is 16.8. The minimum atomic E-state index is 0.635. The fourth-order valence-corrected chi connectivity index (χ4v) is 2.98. The van der Waals surface area contributed by atoms with E-state index in [9.17, 15) is 0 Å². The smallest absolute Gasteiger partial charge is 0.151 e. The molecule has 1 saturated heterocycles. The summed E-state index contributed by atoms with van der Waals surface area (Å²) < 4.78 is 5.92. The van der Waals surface area contributed by atoms with E-state index in [0.717, 1.165) is 62.0 Å². The van der Waals surface area contributed by atoms with Crippen molar-refractivity contribution in [2.24, 2.45) is 5.16 Å². The Bertz CT molecular complexity index is 743. The minimum absolute atomic E-state index is 0.635. The number of piperazine rings is 1. The highest BCUT2D eigenvalue weighted by molar-refractivity contribution is 5.79. The predicted octanol–water partition coefficient (Wildman–Crippen LogP) is 2.75. The van der Waals surface area contributed by atoms with Crippen molar-refractivity contribution in [3.05, 3.63) is 47.7 Å². The Balaban J connectivity index is 1.39. The number of hydrogen-bond acceptors (Lipinski definition) is 7. The van der Waals surface area contributed by atoms with Crippen molar-refractivity contribution in [3.63, 3.8) is 0 Å². The van der Waals surface area contributed by atoms with E-state index in [1.165, 1.54) is 0 Å². The maximum Gasteiger partial charge on any atom is 0.151 e. The van der Waals surface area contributed by atoms with Crippen LogP contribution in [0.1, 0.15) is 24.6 Å². The summed E-state index contributed by atoms with van der Waals surface area (Å²) in [5.74, 6) is 1.82. The topological polar surface area (TPSA) is 63.1 Å². The van der Waals surface area contributed by atoms with E-state index in [1.807, 2.05) is 43.3 Å². The molecule has 0 radical (unpaired) electrons. The van der Waals surface area contributed by atoms with Crippen molar-refractivity contribution in [2.75, 3.05) is 50.8 Å². The van der Waals surface area contributed by atoms with Crippen molar-refractivity contribution < 1.29 is 9.57 Å². The van der Waals surface area contributed by atoms with Gasteiger partial charge in [0.05, 0.1) is 11.9 Å². The SMILES string of the molecule is CCCON=Cc1cccc(OCCN2CCN(c3ccc(C)nn3)CC2)c1. The summed E-state index contributed by atoms with van der Waals surface area (Å²) in [4.78, 5) is 9.85. The maximum absolute atomic E-state index is 5.92. The van der Waals surface area contributed by atoms with E-state index in [2.05, 4.69) is 32.1 Å². The zero-order valence-corrected chi connectivity index (χ0v) is 16.8. The van der Waals surface area contributed by atoms with Crippen LogP contribution >= 0.6 is 0 Å². The fourth-order valence-electron chi connectivity index (χ4n) is 2.98. The molecule has 0 spiro atoms. The summed E-state index contributed by atoms with van der Waals surface area (Å²) in [5, 5.41) is 12.4. The van der Waals surface area contributed by atoms with E-state index in [4.69, 9.17) is 9.57 Å². The molecule has 1 aromatic heterocycles. The van der Waals surface area contributed by atoms with E-state index in [-0.39, 0.29) is 0 Å². The summed E-state index contributed by atoms with van der Waals surface area (Å²) in [6.45, 7) is 10.1. The van der Waals surface area contributed by atoms with Crippen molar-refractivity contribution in [2.45, 2.75) is 20.3 Å². The molecule has 0 unspecified atom stereocenters. The first-order chi connectivity index (χ1) is 13.7. The van der Waals surface area contributed by atoms with Gasteiger partial charge in [-0.1, -0.05) is 24.2 Å². The summed E-state index contributed by atoms with van der Waals surface area (Å²) in [6.07, 6.45) is 2.67. The predicted molar refractivity (Wildman–Crippen MR) is 111 cm³/mol. The van der Waals surface area contributed by atoms with Crippen LogP contribution in [-0.4, -0.2) is 67.2 Å². The van der Waals surface area contributed by atoms with Gasteiger partial charge in [0.1, 0.15) is 19.0 Å². The van der Waals surface area contributed by atoms with Crippen molar-refractivity contribution in [1.82, 2.24) is 15.1 Å². The Hall–Kier alpha value is -2.67.